The van der Waals surface area contributed by atoms with E-state index in [1.165, 1.54) is 0 Å². The van der Waals surface area contributed by atoms with E-state index < -0.39 is 8.69 Å². The van der Waals surface area contributed by atoms with Gasteiger partial charge in [0.05, 0.1) is 0 Å². The summed E-state index contributed by atoms with van der Waals surface area (Å²) in [4.78, 5) is 8.99. The van der Waals surface area contributed by atoms with Gasteiger partial charge in [0.15, 0.2) is 0 Å². The van der Waals surface area contributed by atoms with E-state index in [9.17, 15) is 0 Å². The Morgan fingerprint density at radius 1 is 1.80 bits per heavy atom. The zero-order valence-corrected chi connectivity index (χ0v) is 3.30. The Hall–Kier alpha value is -0.430. The normalized spacial score (nSPS) is 7.20. The topological polar surface area (TPSA) is 43.4 Å². The van der Waals surface area contributed by atoms with Crippen LogP contribution in [0.3, 0.4) is 0 Å². The molecule has 0 aliphatic rings. The van der Waals surface area contributed by atoms with Gasteiger partial charge in [-0.05, 0) is 4.57 Å². The van der Waals surface area contributed by atoms with Crippen molar-refractivity contribution in [1.29, 1.82) is 0 Å². The van der Waals surface area contributed by atoms with Gasteiger partial charge in [-0.2, -0.15) is 0 Å². The zero-order chi connectivity index (χ0) is 4.12. The van der Waals surface area contributed by atoms with Crippen molar-refractivity contribution in [2.45, 2.75) is 0 Å². The van der Waals surface area contributed by atoms with Crippen LogP contribution in [0.5, 0.6) is 0 Å². The first kappa shape index (κ1) is 4.57. The van der Waals surface area contributed by atoms with Gasteiger partial charge in [-0.1, -0.05) is 0 Å². The second kappa shape index (κ2) is 3.57. The number of rotatable bonds is 2. The van der Waals surface area contributed by atoms with E-state index in [1.807, 2.05) is 0 Å². The molecule has 3 nitrogen and oxygen atoms in total. The fraction of sp³-hybridized carbons (Fsp3) is 0. The van der Waals surface area contributed by atoms with E-state index in [-0.39, 0.29) is 6.47 Å². The minimum absolute atomic E-state index is 0.130. The van der Waals surface area contributed by atoms with Gasteiger partial charge in [0, 0.05) is 0 Å². The van der Waals surface area contributed by atoms with Gasteiger partial charge in [0.25, 0.3) is 0 Å². The van der Waals surface area contributed by atoms with Crippen molar-refractivity contribution in [3.8, 4) is 0 Å². The Morgan fingerprint density at radius 3 is 2.40 bits per heavy atom. The van der Waals surface area contributed by atoms with Crippen molar-refractivity contribution in [1.82, 2.24) is 0 Å². The summed E-state index contributed by atoms with van der Waals surface area (Å²) in [5.74, 6) is 0. The standard InChI is InChI=1S/CH2O3P/c2-1-4-5-3/h1,5H/q+1. The van der Waals surface area contributed by atoms with Crippen LogP contribution < -0.4 is 0 Å². The van der Waals surface area contributed by atoms with Crippen LogP contribution in [-0.2, 0) is 13.9 Å². The number of carbonyl (C=O) groups excluding carboxylic acids is 1. The smallest absolute Gasteiger partial charge is 0.250 e. The molecule has 28 valence electrons. The summed E-state index contributed by atoms with van der Waals surface area (Å²) in [5, 5.41) is 0. The Balaban J connectivity index is 2.65. The summed E-state index contributed by atoms with van der Waals surface area (Å²) < 4.78 is 12.7. The predicted octanol–water partition coefficient (Wildman–Crippen LogP) is 0.0984. The molecule has 0 spiro atoms. The molecule has 0 aromatic rings. The van der Waals surface area contributed by atoms with Gasteiger partial charge in [-0.15, -0.1) is 0 Å². The molecule has 5 heavy (non-hydrogen) atoms. The van der Waals surface area contributed by atoms with Crippen molar-refractivity contribution >= 4 is 15.2 Å². The Kier molecular flexibility index (Phi) is 3.26. The molecule has 0 aliphatic carbocycles. The Bertz CT molecular complexity index is 36.2. The van der Waals surface area contributed by atoms with Gasteiger partial charge in [0.1, 0.15) is 0 Å². The lowest BCUT2D eigenvalue weighted by Crippen LogP contribution is -1.59. The van der Waals surface area contributed by atoms with Crippen LogP contribution in [0.1, 0.15) is 0 Å². The molecule has 0 aliphatic heterocycles. The molecule has 0 radical (unpaired) electrons. The summed E-state index contributed by atoms with van der Waals surface area (Å²) in [5.41, 5.74) is 0. The first-order valence-corrected chi connectivity index (χ1v) is 1.70. The van der Waals surface area contributed by atoms with E-state index in [0.717, 1.165) is 0 Å². The SMILES string of the molecule is O=CO[PH+]=O. The molecule has 1 unspecified atom stereocenters. The van der Waals surface area contributed by atoms with Crippen LogP contribution in [0.25, 0.3) is 0 Å². The second-order valence-corrected chi connectivity index (χ2v) is 0.700. The maximum atomic E-state index is 9.10. The van der Waals surface area contributed by atoms with Crippen molar-refractivity contribution in [3.63, 3.8) is 0 Å². The molecule has 0 saturated heterocycles. The summed E-state index contributed by atoms with van der Waals surface area (Å²) in [6.45, 7) is 0.130. The summed E-state index contributed by atoms with van der Waals surface area (Å²) in [7, 11) is -0.960. The lowest BCUT2D eigenvalue weighted by atomic mass is 11.7. The fourth-order valence-electron chi connectivity index (χ4n) is 0.0196. The molecule has 0 rings (SSSR count). The highest BCUT2D eigenvalue weighted by atomic mass is 31.1. The highest BCUT2D eigenvalue weighted by molar-refractivity contribution is 7.18. The van der Waals surface area contributed by atoms with Crippen LogP contribution in [0.4, 0.5) is 0 Å². The Labute approximate surface area is 30.2 Å². The van der Waals surface area contributed by atoms with Crippen molar-refractivity contribution in [2.75, 3.05) is 0 Å². The van der Waals surface area contributed by atoms with E-state index in [2.05, 4.69) is 4.52 Å². The molecule has 0 amide bonds. The molecule has 1 atom stereocenters. The molecule has 0 N–H and O–H groups in total. The summed E-state index contributed by atoms with van der Waals surface area (Å²) >= 11 is 0. The van der Waals surface area contributed by atoms with Gasteiger partial charge in [-0.3, -0.25) is 4.79 Å². The van der Waals surface area contributed by atoms with Crippen LogP contribution in [-0.4, -0.2) is 6.47 Å². The van der Waals surface area contributed by atoms with Crippen LogP contribution in [0.15, 0.2) is 0 Å². The largest absolute Gasteiger partial charge is 0.544 e. The highest BCUT2D eigenvalue weighted by Gasteiger charge is 1.75. The van der Waals surface area contributed by atoms with E-state index in [0.29, 0.717) is 0 Å². The lowest BCUT2D eigenvalue weighted by molar-refractivity contribution is -0.119. The van der Waals surface area contributed by atoms with Gasteiger partial charge < -0.3 is 0 Å². The third kappa shape index (κ3) is 3.57. The van der Waals surface area contributed by atoms with Crippen molar-refractivity contribution in [3.05, 3.63) is 0 Å². The maximum Gasteiger partial charge on any atom is 0.544 e. The van der Waals surface area contributed by atoms with E-state index in [4.69, 9.17) is 9.36 Å². The summed E-state index contributed by atoms with van der Waals surface area (Å²) in [6, 6.07) is 0. The zero-order valence-electron chi connectivity index (χ0n) is 2.30. The quantitative estimate of drug-likeness (QED) is 0.359. The summed E-state index contributed by atoms with van der Waals surface area (Å²) in [6.07, 6.45) is 0. The van der Waals surface area contributed by atoms with Crippen LogP contribution in [0.2, 0.25) is 0 Å². The fourth-order valence-corrected chi connectivity index (χ4v) is 0.0589. The predicted molar refractivity (Wildman–Crippen MR) is 16.2 cm³/mol. The Morgan fingerprint density at radius 2 is 2.40 bits per heavy atom. The molecule has 0 bridgehead atoms. The van der Waals surface area contributed by atoms with Gasteiger partial charge in [-0.25, -0.2) is 4.52 Å². The number of hydrogen-bond acceptors (Lipinski definition) is 3. The molecule has 0 fully saturated rings. The van der Waals surface area contributed by atoms with Gasteiger partial charge in [0.2, 0.25) is 0 Å². The molecule has 0 aromatic heterocycles. The molecule has 4 heteroatoms. The van der Waals surface area contributed by atoms with Crippen molar-refractivity contribution in [2.24, 2.45) is 0 Å². The van der Waals surface area contributed by atoms with Gasteiger partial charge >= 0.3 is 15.2 Å². The molecule has 0 aromatic carbocycles. The second-order valence-electron chi connectivity index (χ2n) is 0.297. The van der Waals surface area contributed by atoms with E-state index >= 15 is 0 Å². The number of carbonyl (C=O) groups is 1. The minimum atomic E-state index is -0.960. The van der Waals surface area contributed by atoms with E-state index in [1.54, 1.807) is 0 Å². The monoisotopic (exact) mass is 93.0 g/mol. The molecule has 0 saturated carbocycles. The maximum absolute atomic E-state index is 9.10. The molecular weight excluding hydrogens is 91.0 g/mol. The first-order valence-electron chi connectivity index (χ1n) is 0.880. The van der Waals surface area contributed by atoms with Crippen LogP contribution >= 0.6 is 8.69 Å². The molecule has 0 heterocycles. The lowest BCUT2D eigenvalue weighted by Gasteiger charge is -1.50. The third-order valence-electron chi connectivity index (χ3n) is 0.0962. The highest BCUT2D eigenvalue weighted by Crippen LogP contribution is 1.84. The minimum Gasteiger partial charge on any atom is -0.250 e. The first-order chi connectivity index (χ1) is 2.41. The average Bonchev–Trinajstić information content (AvgIpc) is 1.41. The number of hydrogen-bond donors (Lipinski definition) is 0. The van der Waals surface area contributed by atoms with Crippen molar-refractivity contribution < 1.29 is 13.9 Å². The third-order valence-corrected chi connectivity index (χ3v) is 0.289. The molecular formula is CH2O3P+. The average molecular weight is 93.0 g/mol. The van der Waals surface area contributed by atoms with Crippen LogP contribution in [0, 0.1) is 0 Å².